The molecule has 1 saturated carbocycles. The average Bonchev–Trinajstić information content (AvgIpc) is 3.45. The van der Waals surface area contributed by atoms with Gasteiger partial charge in [-0.3, -0.25) is 14.4 Å². The van der Waals surface area contributed by atoms with Crippen LogP contribution in [0.4, 0.5) is 5.69 Å². The van der Waals surface area contributed by atoms with E-state index in [1.54, 1.807) is 18.2 Å². The van der Waals surface area contributed by atoms with Crippen LogP contribution < -0.4 is 9.64 Å². The van der Waals surface area contributed by atoms with Crippen molar-refractivity contribution in [3.63, 3.8) is 0 Å². The Balaban J connectivity index is 1.67. The molecule has 1 heterocycles. The Labute approximate surface area is 216 Å². The van der Waals surface area contributed by atoms with Crippen LogP contribution >= 0.6 is 0 Å². The van der Waals surface area contributed by atoms with Crippen LogP contribution in [0.25, 0.3) is 11.1 Å². The first-order valence-corrected chi connectivity index (χ1v) is 12.9. The molecule has 5 nitrogen and oxygen atoms in total. The van der Waals surface area contributed by atoms with Gasteiger partial charge >= 0.3 is 0 Å². The molecule has 0 spiro atoms. The predicted molar refractivity (Wildman–Crippen MR) is 143 cm³/mol. The number of ketones is 1. The molecule has 4 atom stereocenters. The lowest BCUT2D eigenvalue weighted by molar-refractivity contribution is -0.134. The highest BCUT2D eigenvalue weighted by molar-refractivity contribution is 6.35. The summed E-state index contributed by atoms with van der Waals surface area (Å²) in [5.74, 6) is -1.68. The average molecular weight is 492 g/mol. The number of hydrogen-bond donors (Lipinski definition) is 0. The summed E-state index contributed by atoms with van der Waals surface area (Å²) >= 11 is 0. The molecule has 3 aromatic rings. The molecule has 0 unspecified atom stereocenters. The number of ether oxygens (including phenoxy) is 1. The van der Waals surface area contributed by atoms with Gasteiger partial charge in [-0.2, -0.15) is 0 Å². The van der Waals surface area contributed by atoms with Crippen molar-refractivity contribution in [2.75, 3.05) is 12.0 Å². The van der Waals surface area contributed by atoms with Crippen LogP contribution in [0.2, 0.25) is 0 Å². The third-order valence-electron chi connectivity index (χ3n) is 8.89. The fourth-order valence-electron chi connectivity index (χ4n) is 7.51. The SMILES string of the molecule is CC[C@]12C(=O)[C@](CC)(C(c3ccccc3)=C1c1ccccc1)[C@@H]1C(=O)N(c3ccccc3OC)C(=O)[C@H]12. The highest BCUT2D eigenvalue weighted by Crippen LogP contribution is 2.75. The number of methoxy groups -OCH3 is 1. The number of amides is 2. The third kappa shape index (κ3) is 2.72. The first-order chi connectivity index (χ1) is 18.0. The van der Waals surface area contributed by atoms with Crippen molar-refractivity contribution in [3.05, 3.63) is 96.1 Å². The van der Waals surface area contributed by atoms with Crippen molar-refractivity contribution in [1.29, 1.82) is 0 Å². The summed E-state index contributed by atoms with van der Waals surface area (Å²) in [7, 11) is 1.53. The maximum absolute atomic E-state index is 14.7. The number of carbonyl (C=O) groups excluding carboxylic acids is 3. The zero-order chi connectivity index (χ0) is 25.9. The second-order valence-corrected chi connectivity index (χ2v) is 10.1. The van der Waals surface area contributed by atoms with Gasteiger partial charge in [-0.05, 0) is 47.2 Å². The molecule has 2 fully saturated rings. The van der Waals surface area contributed by atoms with Crippen LogP contribution in [-0.4, -0.2) is 24.7 Å². The summed E-state index contributed by atoms with van der Waals surface area (Å²) in [6.45, 7) is 3.95. The molecule has 3 aromatic carbocycles. The van der Waals surface area contributed by atoms with Crippen LogP contribution in [-0.2, 0) is 14.4 Å². The molecule has 3 aliphatic rings. The lowest BCUT2D eigenvalue weighted by Crippen LogP contribution is -2.42. The summed E-state index contributed by atoms with van der Waals surface area (Å²) in [6.07, 6.45) is 0.877. The molecule has 5 heteroatoms. The number of hydrogen-bond acceptors (Lipinski definition) is 4. The van der Waals surface area contributed by atoms with Gasteiger partial charge in [0.2, 0.25) is 11.8 Å². The first kappa shape index (κ1) is 23.4. The lowest BCUT2D eigenvalue weighted by Gasteiger charge is -2.38. The molecule has 2 bridgehead atoms. The number of imide groups is 1. The maximum atomic E-state index is 14.7. The van der Waals surface area contributed by atoms with Crippen molar-refractivity contribution in [2.45, 2.75) is 26.7 Å². The smallest absolute Gasteiger partial charge is 0.239 e. The van der Waals surface area contributed by atoms with Gasteiger partial charge in [0.15, 0.2) is 5.78 Å². The number of allylic oxidation sites excluding steroid dienone is 2. The summed E-state index contributed by atoms with van der Waals surface area (Å²) in [6, 6.07) is 26.9. The van der Waals surface area contributed by atoms with Crippen molar-refractivity contribution >= 4 is 34.4 Å². The molecule has 37 heavy (non-hydrogen) atoms. The molecule has 1 saturated heterocycles. The lowest BCUT2D eigenvalue weighted by atomic mass is 9.60. The Kier molecular flexibility index (Phi) is 5.23. The Morgan fingerprint density at radius 1 is 0.676 bits per heavy atom. The number of anilines is 1. The number of para-hydroxylation sites is 2. The molecule has 0 aromatic heterocycles. The largest absolute Gasteiger partial charge is 0.495 e. The normalized spacial score (nSPS) is 28.3. The molecule has 0 N–H and O–H groups in total. The zero-order valence-corrected chi connectivity index (χ0v) is 21.2. The van der Waals surface area contributed by atoms with Crippen LogP contribution in [0.1, 0.15) is 37.8 Å². The Hall–Kier alpha value is -3.99. The number of fused-ring (bicyclic) bond motifs is 5. The van der Waals surface area contributed by atoms with Gasteiger partial charge in [-0.15, -0.1) is 0 Å². The summed E-state index contributed by atoms with van der Waals surface area (Å²) in [5, 5.41) is 0. The van der Waals surface area contributed by atoms with Gasteiger partial charge in [0.1, 0.15) is 5.75 Å². The van der Waals surface area contributed by atoms with Crippen LogP contribution in [0, 0.1) is 22.7 Å². The van der Waals surface area contributed by atoms with Gasteiger partial charge in [0.05, 0.1) is 35.5 Å². The summed E-state index contributed by atoms with van der Waals surface area (Å²) in [4.78, 5) is 44.6. The van der Waals surface area contributed by atoms with Gasteiger partial charge in [-0.1, -0.05) is 86.6 Å². The molecule has 6 rings (SSSR count). The number of nitrogens with zero attached hydrogens (tertiary/aromatic N) is 1. The molecule has 2 amide bonds. The molecule has 0 radical (unpaired) electrons. The second-order valence-electron chi connectivity index (χ2n) is 10.1. The Morgan fingerprint density at radius 3 is 1.54 bits per heavy atom. The van der Waals surface area contributed by atoms with E-state index < -0.39 is 22.7 Å². The highest BCUT2D eigenvalue weighted by Gasteiger charge is 2.80. The topological polar surface area (TPSA) is 63.7 Å². The zero-order valence-electron chi connectivity index (χ0n) is 21.2. The monoisotopic (exact) mass is 491 g/mol. The Bertz CT molecular complexity index is 1370. The molecule has 186 valence electrons. The van der Waals surface area contributed by atoms with Gasteiger partial charge in [0, 0.05) is 0 Å². The summed E-state index contributed by atoms with van der Waals surface area (Å²) in [5.41, 5.74) is 1.92. The standard InChI is InChI=1S/C32H29NO4/c1-4-31-24(20-14-8-6-9-15-20)25(21-16-10-7-11-17-21)32(5-2,30(31)36)27-26(31)28(34)33(29(27)35)22-18-12-13-19-23(22)37-3/h6-19,26-27H,4-5H2,1-3H3/t26-,27-,31-,32+/m0/s1. The van der Waals surface area contributed by atoms with Crippen LogP contribution in [0.5, 0.6) is 5.75 Å². The van der Waals surface area contributed by atoms with Crippen molar-refractivity contribution in [2.24, 2.45) is 22.7 Å². The number of carbonyl (C=O) groups is 3. The molecular formula is C32H29NO4. The van der Waals surface area contributed by atoms with E-state index in [0.717, 1.165) is 22.3 Å². The van der Waals surface area contributed by atoms with E-state index >= 15 is 0 Å². The van der Waals surface area contributed by atoms with Crippen LogP contribution in [0.3, 0.4) is 0 Å². The minimum absolute atomic E-state index is 0.0130. The van der Waals surface area contributed by atoms with E-state index in [1.165, 1.54) is 12.0 Å². The van der Waals surface area contributed by atoms with E-state index in [2.05, 4.69) is 0 Å². The quantitative estimate of drug-likeness (QED) is 0.409. The fourth-order valence-corrected chi connectivity index (χ4v) is 7.51. The fraction of sp³-hybridized carbons (Fsp3) is 0.281. The van der Waals surface area contributed by atoms with Gasteiger partial charge in [-0.25, -0.2) is 4.90 Å². The van der Waals surface area contributed by atoms with Crippen molar-refractivity contribution in [1.82, 2.24) is 0 Å². The first-order valence-electron chi connectivity index (χ1n) is 12.9. The van der Waals surface area contributed by atoms with Gasteiger partial charge < -0.3 is 4.74 Å². The minimum atomic E-state index is -1.09. The van der Waals surface area contributed by atoms with E-state index in [9.17, 15) is 14.4 Å². The van der Waals surface area contributed by atoms with Crippen molar-refractivity contribution in [3.8, 4) is 5.75 Å². The Morgan fingerprint density at radius 2 is 1.11 bits per heavy atom. The molecular weight excluding hydrogens is 462 g/mol. The van der Waals surface area contributed by atoms with Gasteiger partial charge in [0.25, 0.3) is 0 Å². The molecule has 2 aliphatic carbocycles. The highest BCUT2D eigenvalue weighted by atomic mass is 16.5. The molecule has 1 aliphatic heterocycles. The predicted octanol–water partition coefficient (Wildman–Crippen LogP) is 5.80. The maximum Gasteiger partial charge on any atom is 0.239 e. The minimum Gasteiger partial charge on any atom is -0.495 e. The second kappa shape index (κ2) is 8.27. The van der Waals surface area contributed by atoms with Crippen molar-refractivity contribution < 1.29 is 19.1 Å². The van der Waals surface area contributed by atoms with E-state index in [0.29, 0.717) is 24.3 Å². The van der Waals surface area contributed by atoms with E-state index in [-0.39, 0.29) is 17.6 Å². The van der Waals surface area contributed by atoms with E-state index in [1.807, 2.05) is 80.6 Å². The number of rotatable bonds is 6. The number of Topliss-reactive ketones (excluding diaryl/α,β-unsaturated/α-hetero) is 1. The van der Waals surface area contributed by atoms with Crippen LogP contribution in [0.15, 0.2) is 84.9 Å². The van der Waals surface area contributed by atoms with E-state index in [4.69, 9.17) is 4.74 Å². The number of benzene rings is 3. The summed E-state index contributed by atoms with van der Waals surface area (Å²) < 4.78 is 5.53. The third-order valence-corrected chi connectivity index (χ3v) is 8.89.